The van der Waals surface area contributed by atoms with Gasteiger partial charge in [0.25, 0.3) is 10.0 Å². The van der Waals surface area contributed by atoms with E-state index < -0.39 is 21.9 Å². The van der Waals surface area contributed by atoms with Gasteiger partial charge in [-0.05, 0) is 73.1 Å². The summed E-state index contributed by atoms with van der Waals surface area (Å²) in [5, 5.41) is 3.24. The summed E-state index contributed by atoms with van der Waals surface area (Å²) in [7, 11) is -0.101. The van der Waals surface area contributed by atoms with Crippen molar-refractivity contribution in [3.8, 4) is 17.0 Å². The molecule has 0 atom stereocenters. The molecule has 1 amide bonds. The molecule has 0 aliphatic carbocycles. The lowest BCUT2D eigenvalue weighted by molar-refractivity contribution is 0.198. The lowest BCUT2D eigenvalue weighted by Gasteiger charge is -2.19. The van der Waals surface area contributed by atoms with Gasteiger partial charge in [0.1, 0.15) is 5.82 Å². The lowest BCUT2D eigenvalue weighted by atomic mass is 9.87. The number of amides is 1. The monoisotopic (exact) mass is 552 g/mol. The van der Waals surface area contributed by atoms with E-state index in [1.54, 1.807) is 54.6 Å². The van der Waals surface area contributed by atoms with Crippen molar-refractivity contribution >= 4 is 32.7 Å². The number of carbonyl (C=O) groups is 1. The van der Waals surface area contributed by atoms with Gasteiger partial charge >= 0.3 is 6.09 Å². The highest BCUT2D eigenvalue weighted by molar-refractivity contribution is 7.92. The number of ether oxygens (including phenoxy) is 1. The molecule has 0 radical (unpaired) electrons. The van der Waals surface area contributed by atoms with E-state index in [1.807, 2.05) is 19.0 Å². The van der Waals surface area contributed by atoms with Gasteiger partial charge in [0, 0.05) is 29.7 Å². The van der Waals surface area contributed by atoms with E-state index in [9.17, 15) is 17.6 Å². The fourth-order valence-electron chi connectivity index (χ4n) is 4.10. The van der Waals surface area contributed by atoms with Gasteiger partial charge in [-0.1, -0.05) is 45.0 Å². The van der Waals surface area contributed by atoms with Crippen LogP contribution in [0.3, 0.4) is 0 Å². The maximum absolute atomic E-state index is 14.2. The summed E-state index contributed by atoms with van der Waals surface area (Å²) in [5.41, 5.74) is 2.71. The van der Waals surface area contributed by atoms with Gasteiger partial charge in [0.2, 0.25) is 5.88 Å². The molecular formula is C29H33FN4O4S. The average Bonchev–Trinajstić information content (AvgIpc) is 3.20. The van der Waals surface area contributed by atoms with Crippen LogP contribution in [0.4, 0.5) is 14.9 Å². The van der Waals surface area contributed by atoms with E-state index >= 15 is 0 Å². The van der Waals surface area contributed by atoms with Crippen LogP contribution in [0, 0.1) is 5.82 Å². The van der Waals surface area contributed by atoms with Crippen molar-refractivity contribution in [3.63, 3.8) is 0 Å². The topological polar surface area (TPSA) is 104 Å². The minimum absolute atomic E-state index is 0.106. The van der Waals surface area contributed by atoms with Gasteiger partial charge in [-0.3, -0.25) is 4.72 Å². The Hall–Kier alpha value is -3.89. The number of rotatable bonds is 8. The third kappa shape index (κ3) is 6.76. The van der Waals surface area contributed by atoms with Gasteiger partial charge in [-0.2, -0.15) is 0 Å². The number of hydrogen-bond acceptors (Lipinski definition) is 5. The molecule has 206 valence electrons. The lowest BCUT2D eigenvalue weighted by Crippen LogP contribution is -2.33. The first kappa shape index (κ1) is 28.1. The molecule has 0 saturated heterocycles. The van der Waals surface area contributed by atoms with Crippen molar-refractivity contribution in [2.24, 2.45) is 0 Å². The van der Waals surface area contributed by atoms with Crippen LogP contribution in [0.25, 0.3) is 22.0 Å². The van der Waals surface area contributed by atoms with Gasteiger partial charge in [-0.15, -0.1) is 0 Å². The zero-order valence-electron chi connectivity index (χ0n) is 22.6. The second-order valence-electron chi connectivity index (χ2n) is 10.6. The molecule has 1 aromatic heterocycles. The molecule has 0 spiro atoms. The number of likely N-dealkylation sites (N-methyl/N-ethyl adjacent to an activating group) is 1. The van der Waals surface area contributed by atoms with Gasteiger partial charge < -0.3 is 19.9 Å². The molecule has 8 nitrogen and oxygen atoms in total. The molecule has 0 saturated carbocycles. The smallest absolute Gasteiger partial charge is 0.393 e. The van der Waals surface area contributed by atoms with E-state index in [-0.39, 0.29) is 16.2 Å². The van der Waals surface area contributed by atoms with E-state index in [0.717, 1.165) is 5.56 Å². The molecule has 4 aromatic rings. The van der Waals surface area contributed by atoms with Crippen LogP contribution in [0.5, 0.6) is 5.88 Å². The number of aromatic nitrogens is 1. The molecule has 0 fully saturated rings. The number of benzene rings is 3. The minimum atomic E-state index is -3.88. The van der Waals surface area contributed by atoms with Gasteiger partial charge in [-0.25, -0.2) is 17.6 Å². The summed E-state index contributed by atoms with van der Waals surface area (Å²) in [4.78, 5) is 17.6. The van der Waals surface area contributed by atoms with E-state index in [1.165, 1.54) is 12.1 Å². The largest absolute Gasteiger partial charge is 0.413 e. The number of nitrogens with one attached hydrogen (secondary N) is 3. The number of fused-ring (bicyclic) bond motifs is 1. The third-order valence-electron chi connectivity index (χ3n) is 6.18. The van der Waals surface area contributed by atoms with Crippen molar-refractivity contribution < 1.29 is 22.3 Å². The maximum atomic E-state index is 14.2. The van der Waals surface area contributed by atoms with Crippen LogP contribution < -0.4 is 14.8 Å². The SMILES string of the molecule is CN(C)CCNC(=O)Oc1[nH]c2ccc(NS(=O)(=O)c3ccc(C(C)(C)C)cc3)cc2c1-c1cccc(F)c1. The maximum Gasteiger partial charge on any atom is 0.413 e. The number of anilines is 1. The van der Waals surface area contributed by atoms with Crippen LogP contribution in [-0.4, -0.2) is 51.6 Å². The number of H-pyrrole nitrogens is 1. The highest BCUT2D eigenvalue weighted by Crippen LogP contribution is 2.39. The number of sulfonamides is 1. The van der Waals surface area contributed by atoms with Gasteiger partial charge in [0.15, 0.2) is 0 Å². The zero-order chi connectivity index (χ0) is 28.4. The highest BCUT2D eigenvalue weighted by atomic mass is 32.2. The molecule has 3 aromatic carbocycles. The average molecular weight is 553 g/mol. The third-order valence-corrected chi connectivity index (χ3v) is 7.58. The Morgan fingerprint density at radius 1 is 1.03 bits per heavy atom. The number of nitrogens with zero attached hydrogens (tertiary/aromatic N) is 1. The van der Waals surface area contributed by atoms with Crippen molar-refractivity contribution in [1.82, 2.24) is 15.2 Å². The second kappa shape index (κ2) is 11.1. The molecule has 0 unspecified atom stereocenters. The summed E-state index contributed by atoms with van der Waals surface area (Å²) in [6.07, 6.45) is -0.666. The summed E-state index contributed by atoms with van der Waals surface area (Å²) in [6, 6.07) is 17.6. The number of aromatic amines is 1. The number of halogens is 1. The first-order valence-corrected chi connectivity index (χ1v) is 14.0. The molecule has 0 bridgehead atoms. The molecule has 4 rings (SSSR count). The van der Waals surface area contributed by atoms with E-state index in [0.29, 0.717) is 40.8 Å². The van der Waals surface area contributed by atoms with Crippen molar-refractivity contribution in [3.05, 3.63) is 78.1 Å². The molecule has 0 aliphatic rings. The first-order chi connectivity index (χ1) is 18.3. The Bertz CT molecular complexity index is 1590. The normalized spacial score (nSPS) is 12.1. The molecule has 3 N–H and O–H groups in total. The van der Waals surface area contributed by atoms with Crippen LogP contribution in [0.2, 0.25) is 0 Å². The molecule has 10 heteroatoms. The van der Waals surface area contributed by atoms with E-state index in [2.05, 4.69) is 35.8 Å². The Labute approximate surface area is 228 Å². The van der Waals surface area contributed by atoms with Crippen molar-refractivity contribution in [1.29, 1.82) is 0 Å². The Morgan fingerprint density at radius 2 is 1.74 bits per heavy atom. The Morgan fingerprint density at radius 3 is 2.38 bits per heavy atom. The van der Waals surface area contributed by atoms with Crippen LogP contribution >= 0.6 is 0 Å². The second-order valence-corrected chi connectivity index (χ2v) is 12.3. The summed E-state index contributed by atoms with van der Waals surface area (Å²) in [6.45, 7) is 7.18. The Kier molecular flexibility index (Phi) is 7.99. The van der Waals surface area contributed by atoms with Gasteiger partial charge in [0.05, 0.1) is 10.5 Å². The number of carbonyl (C=O) groups excluding carboxylic acids is 1. The fourth-order valence-corrected chi connectivity index (χ4v) is 5.15. The molecule has 39 heavy (non-hydrogen) atoms. The van der Waals surface area contributed by atoms with Crippen LogP contribution in [-0.2, 0) is 15.4 Å². The summed E-state index contributed by atoms with van der Waals surface area (Å²) >= 11 is 0. The molecule has 1 heterocycles. The minimum Gasteiger partial charge on any atom is -0.393 e. The highest BCUT2D eigenvalue weighted by Gasteiger charge is 2.21. The fraction of sp³-hybridized carbons (Fsp3) is 0.276. The standard InChI is InChI=1S/C29H33FN4O4S/c1-29(2,3)20-9-12-23(13-10-20)39(36,37)33-22-11-14-25-24(18-22)26(19-7-6-8-21(30)17-19)27(32-25)38-28(35)31-15-16-34(4)5/h6-14,17-18,32-33H,15-16H2,1-5H3,(H,31,35). The molecular weight excluding hydrogens is 519 g/mol. The Balaban J connectivity index is 1.69. The summed E-state index contributed by atoms with van der Waals surface area (Å²) < 4.78 is 48.6. The quantitative estimate of drug-likeness (QED) is 0.259. The molecule has 0 aliphatic heterocycles. The van der Waals surface area contributed by atoms with Crippen molar-refractivity contribution in [2.45, 2.75) is 31.1 Å². The van der Waals surface area contributed by atoms with Crippen molar-refractivity contribution in [2.75, 3.05) is 31.9 Å². The zero-order valence-corrected chi connectivity index (χ0v) is 23.4. The number of hydrogen-bond donors (Lipinski definition) is 3. The van der Waals surface area contributed by atoms with Crippen LogP contribution in [0.1, 0.15) is 26.3 Å². The summed E-state index contributed by atoms with van der Waals surface area (Å²) in [5.74, 6) is -0.338. The van der Waals surface area contributed by atoms with Crippen LogP contribution in [0.15, 0.2) is 71.6 Å². The van der Waals surface area contributed by atoms with E-state index in [4.69, 9.17) is 4.74 Å². The predicted molar refractivity (Wildman–Crippen MR) is 152 cm³/mol. The first-order valence-electron chi connectivity index (χ1n) is 12.5. The predicted octanol–water partition coefficient (Wildman–Crippen LogP) is 5.72.